The minimum Gasteiger partial charge on any atom is -0.457 e. The molecule has 0 spiro atoms. The molecule has 1 aromatic carbocycles. The highest BCUT2D eigenvalue weighted by atomic mass is 19.1. The number of hydrogen-bond donors (Lipinski definition) is 1. The molecule has 0 aliphatic rings. The van der Waals surface area contributed by atoms with Gasteiger partial charge in [0.15, 0.2) is 0 Å². The lowest BCUT2D eigenvalue weighted by Crippen LogP contribution is -2.31. The van der Waals surface area contributed by atoms with Crippen LogP contribution in [0.2, 0.25) is 0 Å². The van der Waals surface area contributed by atoms with Gasteiger partial charge in [-0.1, -0.05) is 0 Å². The number of hydrogen-bond acceptors (Lipinski definition) is 3. The number of ether oxygens (including phenoxy) is 1. The van der Waals surface area contributed by atoms with Crippen molar-refractivity contribution in [2.75, 3.05) is 6.54 Å². The number of amides is 1. The Labute approximate surface area is 109 Å². The van der Waals surface area contributed by atoms with E-state index in [0.29, 0.717) is 0 Å². The average molecular weight is 271 g/mol. The molecule has 1 N–H and O–H groups in total. The summed E-state index contributed by atoms with van der Waals surface area (Å²) in [5.74, 6) is -2.75. The van der Waals surface area contributed by atoms with Gasteiger partial charge in [-0.2, -0.15) is 0 Å². The predicted molar refractivity (Wildman–Crippen MR) is 64.7 cm³/mol. The molecule has 104 valence electrons. The first kappa shape index (κ1) is 15.1. The zero-order valence-corrected chi connectivity index (χ0v) is 10.9. The van der Waals surface area contributed by atoms with Gasteiger partial charge in [0.05, 0.1) is 12.1 Å². The highest BCUT2D eigenvalue weighted by Gasteiger charge is 2.18. The normalized spacial score (nSPS) is 11.8. The van der Waals surface area contributed by atoms with Crippen molar-refractivity contribution >= 4 is 11.9 Å². The third-order valence-corrected chi connectivity index (χ3v) is 2.41. The molecule has 19 heavy (non-hydrogen) atoms. The first-order valence-electron chi connectivity index (χ1n) is 5.72. The molecular weight excluding hydrogens is 256 g/mol. The lowest BCUT2D eigenvalue weighted by molar-refractivity contribution is -0.119. The molecule has 4 nitrogen and oxygen atoms in total. The Hall–Kier alpha value is -1.98. The summed E-state index contributed by atoms with van der Waals surface area (Å²) < 4.78 is 31.7. The molecule has 0 fully saturated rings. The Kier molecular flexibility index (Phi) is 4.97. The SMILES string of the molecule is CC(=O)NC[C@@H](C)OC(=O)c1cc(F)c(C)cc1F. The Bertz CT molecular complexity index is 503. The van der Waals surface area contributed by atoms with Crippen molar-refractivity contribution in [3.63, 3.8) is 0 Å². The van der Waals surface area contributed by atoms with Crippen LogP contribution in [-0.4, -0.2) is 24.5 Å². The summed E-state index contributed by atoms with van der Waals surface area (Å²) >= 11 is 0. The molecular formula is C13H15F2NO3. The molecule has 0 aromatic heterocycles. The molecule has 0 saturated heterocycles. The van der Waals surface area contributed by atoms with E-state index in [0.717, 1.165) is 12.1 Å². The van der Waals surface area contributed by atoms with Gasteiger partial charge in [-0.05, 0) is 31.5 Å². The van der Waals surface area contributed by atoms with E-state index in [1.165, 1.54) is 20.8 Å². The van der Waals surface area contributed by atoms with Gasteiger partial charge in [-0.15, -0.1) is 0 Å². The molecule has 0 radical (unpaired) electrons. The van der Waals surface area contributed by atoms with Crippen LogP contribution < -0.4 is 5.32 Å². The van der Waals surface area contributed by atoms with E-state index in [1.807, 2.05) is 0 Å². The van der Waals surface area contributed by atoms with E-state index < -0.39 is 29.3 Å². The van der Waals surface area contributed by atoms with E-state index in [4.69, 9.17) is 4.74 Å². The number of esters is 1. The minimum atomic E-state index is -0.964. The fourth-order valence-electron chi connectivity index (χ4n) is 1.38. The maximum Gasteiger partial charge on any atom is 0.341 e. The second-order valence-electron chi connectivity index (χ2n) is 4.23. The summed E-state index contributed by atoms with van der Waals surface area (Å²) in [5.41, 5.74) is -0.349. The summed E-state index contributed by atoms with van der Waals surface area (Å²) in [6.07, 6.45) is -0.639. The van der Waals surface area contributed by atoms with Crippen molar-refractivity contribution < 1.29 is 23.1 Å². The summed E-state index contributed by atoms with van der Waals surface area (Å²) in [5, 5.41) is 2.45. The van der Waals surface area contributed by atoms with Gasteiger partial charge >= 0.3 is 5.97 Å². The second-order valence-corrected chi connectivity index (χ2v) is 4.23. The summed E-state index contributed by atoms with van der Waals surface area (Å²) in [7, 11) is 0. The molecule has 1 aromatic rings. The van der Waals surface area contributed by atoms with Crippen LogP contribution in [0.1, 0.15) is 29.8 Å². The zero-order chi connectivity index (χ0) is 14.6. The van der Waals surface area contributed by atoms with Crippen molar-refractivity contribution in [3.05, 3.63) is 34.9 Å². The van der Waals surface area contributed by atoms with E-state index in [1.54, 1.807) is 0 Å². The monoisotopic (exact) mass is 271 g/mol. The Morgan fingerprint density at radius 3 is 2.53 bits per heavy atom. The number of benzene rings is 1. The topological polar surface area (TPSA) is 55.4 Å². The average Bonchev–Trinajstić information content (AvgIpc) is 2.31. The zero-order valence-electron chi connectivity index (χ0n) is 10.9. The quantitative estimate of drug-likeness (QED) is 0.852. The maximum absolute atomic E-state index is 13.5. The van der Waals surface area contributed by atoms with E-state index in [9.17, 15) is 18.4 Å². The van der Waals surface area contributed by atoms with Crippen LogP contribution in [0, 0.1) is 18.6 Å². The van der Waals surface area contributed by atoms with Crippen LogP contribution in [0.4, 0.5) is 8.78 Å². The van der Waals surface area contributed by atoms with Gasteiger partial charge in [0, 0.05) is 6.92 Å². The van der Waals surface area contributed by atoms with Gasteiger partial charge in [0.25, 0.3) is 0 Å². The molecule has 1 amide bonds. The Balaban J connectivity index is 2.73. The molecule has 1 atom stereocenters. The number of carbonyl (C=O) groups is 2. The molecule has 0 aliphatic carbocycles. The van der Waals surface area contributed by atoms with Gasteiger partial charge in [-0.25, -0.2) is 13.6 Å². The van der Waals surface area contributed by atoms with Crippen molar-refractivity contribution in [1.82, 2.24) is 5.32 Å². The first-order chi connectivity index (χ1) is 8.81. The van der Waals surface area contributed by atoms with Crippen LogP contribution >= 0.6 is 0 Å². The summed E-state index contributed by atoms with van der Waals surface area (Å²) in [6.45, 7) is 4.36. The van der Waals surface area contributed by atoms with Crippen molar-refractivity contribution in [2.45, 2.75) is 26.9 Å². The third-order valence-electron chi connectivity index (χ3n) is 2.41. The number of carbonyl (C=O) groups excluding carboxylic acids is 2. The minimum absolute atomic E-state index is 0.108. The highest BCUT2D eigenvalue weighted by molar-refractivity contribution is 5.90. The van der Waals surface area contributed by atoms with E-state index in [-0.39, 0.29) is 18.0 Å². The van der Waals surface area contributed by atoms with Gasteiger partial charge in [0.2, 0.25) is 5.91 Å². The first-order valence-corrected chi connectivity index (χ1v) is 5.72. The lowest BCUT2D eigenvalue weighted by Gasteiger charge is -2.14. The van der Waals surface area contributed by atoms with Crippen LogP contribution in [0.5, 0.6) is 0 Å². The highest BCUT2D eigenvalue weighted by Crippen LogP contribution is 2.15. The van der Waals surface area contributed by atoms with Crippen LogP contribution in [0.15, 0.2) is 12.1 Å². The third kappa shape index (κ3) is 4.31. The van der Waals surface area contributed by atoms with Crippen LogP contribution in [0.25, 0.3) is 0 Å². The molecule has 0 aliphatic heterocycles. The Morgan fingerprint density at radius 2 is 1.95 bits per heavy atom. The van der Waals surface area contributed by atoms with Crippen LogP contribution in [-0.2, 0) is 9.53 Å². The molecule has 0 bridgehead atoms. The van der Waals surface area contributed by atoms with E-state index >= 15 is 0 Å². The summed E-state index contributed by atoms with van der Waals surface area (Å²) in [4.78, 5) is 22.3. The van der Waals surface area contributed by atoms with Crippen molar-refractivity contribution in [2.24, 2.45) is 0 Å². The fourth-order valence-corrected chi connectivity index (χ4v) is 1.38. The number of aryl methyl sites for hydroxylation is 1. The molecule has 0 saturated carbocycles. The fraction of sp³-hybridized carbons (Fsp3) is 0.385. The van der Waals surface area contributed by atoms with Crippen molar-refractivity contribution in [3.8, 4) is 0 Å². The summed E-state index contributed by atoms with van der Waals surface area (Å²) in [6, 6.07) is 1.74. The van der Waals surface area contributed by atoms with Gasteiger partial charge < -0.3 is 10.1 Å². The smallest absolute Gasteiger partial charge is 0.341 e. The molecule has 0 heterocycles. The van der Waals surface area contributed by atoms with Gasteiger partial charge in [0.1, 0.15) is 17.7 Å². The lowest BCUT2D eigenvalue weighted by atomic mass is 10.1. The van der Waals surface area contributed by atoms with Gasteiger partial charge in [-0.3, -0.25) is 4.79 Å². The molecule has 6 heteroatoms. The van der Waals surface area contributed by atoms with E-state index in [2.05, 4.69) is 5.32 Å². The maximum atomic E-state index is 13.5. The number of halogens is 2. The largest absolute Gasteiger partial charge is 0.457 e. The molecule has 1 rings (SSSR count). The van der Waals surface area contributed by atoms with Crippen LogP contribution in [0.3, 0.4) is 0 Å². The Morgan fingerprint density at radius 1 is 1.32 bits per heavy atom. The number of rotatable bonds is 4. The second kappa shape index (κ2) is 6.26. The molecule has 0 unspecified atom stereocenters. The standard InChI is InChI=1S/C13H15F2NO3/c1-7-4-12(15)10(5-11(7)14)13(18)19-8(2)6-16-9(3)17/h4-5,8H,6H2,1-3H3,(H,16,17)/t8-/m1/s1. The number of nitrogens with one attached hydrogen (secondary N) is 1. The predicted octanol–water partition coefficient (Wildman–Crippen LogP) is 1.95. The van der Waals surface area contributed by atoms with Crippen molar-refractivity contribution in [1.29, 1.82) is 0 Å².